The van der Waals surface area contributed by atoms with E-state index in [1.54, 1.807) is 0 Å². The van der Waals surface area contributed by atoms with Crippen molar-refractivity contribution in [2.24, 2.45) is 5.92 Å². The van der Waals surface area contributed by atoms with E-state index in [-0.39, 0.29) is 0 Å². The first-order valence-corrected chi connectivity index (χ1v) is 6.64. The van der Waals surface area contributed by atoms with Gasteiger partial charge in [-0.25, -0.2) is 0 Å². The predicted octanol–water partition coefficient (Wildman–Crippen LogP) is 2.90. The summed E-state index contributed by atoms with van der Waals surface area (Å²) in [5.41, 5.74) is 4.10. The quantitative estimate of drug-likeness (QED) is 0.867. The number of aliphatic hydroxyl groups excluding tert-OH is 1. The van der Waals surface area contributed by atoms with E-state index in [0.29, 0.717) is 6.61 Å². The van der Waals surface area contributed by atoms with E-state index < -0.39 is 0 Å². The molecule has 2 nitrogen and oxygen atoms in total. The Kier molecular flexibility index (Phi) is 4.06. The van der Waals surface area contributed by atoms with Gasteiger partial charge in [0.15, 0.2) is 0 Å². The maximum atomic E-state index is 8.96. The lowest BCUT2D eigenvalue weighted by Gasteiger charge is -2.34. The number of aryl methyl sites for hydroxylation is 2. The highest BCUT2D eigenvalue weighted by atomic mass is 16.3. The third kappa shape index (κ3) is 3.01. The molecule has 0 aliphatic carbocycles. The maximum absolute atomic E-state index is 8.96. The fourth-order valence-corrected chi connectivity index (χ4v) is 2.81. The van der Waals surface area contributed by atoms with E-state index in [2.05, 4.69) is 36.9 Å². The second-order valence-corrected chi connectivity index (χ2v) is 5.23. The van der Waals surface area contributed by atoms with Crippen molar-refractivity contribution < 1.29 is 5.11 Å². The molecule has 0 aromatic heterocycles. The molecule has 1 fully saturated rings. The van der Waals surface area contributed by atoms with Crippen LogP contribution < -0.4 is 4.90 Å². The zero-order valence-electron chi connectivity index (χ0n) is 10.9. The van der Waals surface area contributed by atoms with Crippen LogP contribution >= 0.6 is 0 Å². The average Bonchev–Trinajstić information content (AvgIpc) is 2.31. The minimum Gasteiger partial charge on any atom is -0.396 e. The average molecular weight is 233 g/mol. The van der Waals surface area contributed by atoms with Gasteiger partial charge in [0.05, 0.1) is 0 Å². The van der Waals surface area contributed by atoms with Gasteiger partial charge in [-0.15, -0.1) is 0 Å². The molecule has 2 rings (SSSR count). The topological polar surface area (TPSA) is 23.5 Å². The number of nitrogens with zero attached hydrogens (tertiary/aromatic N) is 1. The van der Waals surface area contributed by atoms with Gasteiger partial charge in [-0.2, -0.15) is 0 Å². The summed E-state index contributed by atoms with van der Waals surface area (Å²) in [5, 5.41) is 8.96. The molecular formula is C15H23NO. The molecule has 0 spiro atoms. The molecule has 94 valence electrons. The van der Waals surface area contributed by atoms with Crippen LogP contribution in [0.4, 0.5) is 5.69 Å². The molecule has 0 bridgehead atoms. The molecule has 2 heteroatoms. The van der Waals surface area contributed by atoms with Gasteiger partial charge in [0.1, 0.15) is 0 Å². The molecule has 1 heterocycles. The Balaban J connectivity index is 2.00. The maximum Gasteiger partial charge on any atom is 0.0433 e. The van der Waals surface area contributed by atoms with E-state index in [1.165, 1.54) is 29.7 Å². The molecule has 1 aromatic rings. The number of rotatable bonds is 3. The van der Waals surface area contributed by atoms with Gasteiger partial charge in [0, 0.05) is 25.4 Å². The van der Waals surface area contributed by atoms with Crippen LogP contribution in [0.1, 0.15) is 30.4 Å². The van der Waals surface area contributed by atoms with E-state index in [4.69, 9.17) is 5.11 Å². The van der Waals surface area contributed by atoms with Gasteiger partial charge in [-0.3, -0.25) is 0 Å². The first kappa shape index (κ1) is 12.4. The minimum atomic E-state index is 0.341. The van der Waals surface area contributed by atoms with Crippen LogP contribution in [0.3, 0.4) is 0 Å². The second-order valence-electron chi connectivity index (χ2n) is 5.23. The van der Waals surface area contributed by atoms with Crippen LogP contribution in [0.2, 0.25) is 0 Å². The fourth-order valence-electron chi connectivity index (χ4n) is 2.81. The molecule has 17 heavy (non-hydrogen) atoms. The van der Waals surface area contributed by atoms with Gasteiger partial charge in [-0.1, -0.05) is 17.7 Å². The molecule has 1 saturated heterocycles. The van der Waals surface area contributed by atoms with Crippen LogP contribution in [-0.2, 0) is 0 Å². The first-order valence-electron chi connectivity index (χ1n) is 6.64. The van der Waals surface area contributed by atoms with E-state index in [0.717, 1.165) is 25.4 Å². The molecule has 0 radical (unpaired) electrons. The fraction of sp³-hybridized carbons (Fsp3) is 0.600. The summed E-state index contributed by atoms with van der Waals surface area (Å²) in [6.45, 7) is 6.95. The van der Waals surface area contributed by atoms with E-state index >= 15 is 0 Å². The largest absolute Gasteiger partial charge is 0.396 e. The Morgan fingerprint density at radius 2 is 1.94 bits per heavy atom. The Hall–Kier alpha value is -1.02. The lowest BCUT2D eigenvalue weighted by Crippen LogP contribution is -2.34. The molecule has 1 N–H and O–H groups in total. The van der Waals surface area contributed by atoms with Crippen LogP contribution in [0, 0.1) is 19.8 Å². The number of aliphatic hydroxyl groups is 1. The highest BCUT2D eigenvalue weighted by Gasteiger charge is 2.19. The van der Waals surface area contributed by atoms with Gasteiger partial charge in [0.2, 0.25) is 0 Å². The van der Waals surface area contributed by atoms with Gasteiger partial charge in [0.25, 0.3) is 0 Å². The first-order chi connectivity index (χ1) is 8.20. The number of anilines is 1. The Labute approximate surface area is 104 Å². The van der Waals surface area contributed by atoms with Gasteiger partial charge < -0.3 is 10.0 Å². The summed E-state index contributed by atoms with van der Waals surface area (Å²) in [6.07, 6.45) is 3.41. The zero-order chi connectivity index (χ0) is 12.3. The van der Waals surface area contributed by atoms with Crippen molar-refractivity contribution in [1.82, 2.24) is 0 Å². The molecular weight excluding hydrogens is 210 g/mol. The molecule has 1 aliphatic heterocycles. The lowest BCUT2D eigenvalue weighted by atomic mass is 9.93. The zero-order valence-corrected chi connectivity index (χ0v) is 10.9. The van der Waals surface area contributed by atoms with Gasteiger partial charge in [-0.05, 0) is 50.7 Å². The Bertz CT molecular complexity index is 367. The van der Waals surface area contributed by atoms with Crippen LogP contribution in [0.15, 0.2) is 18.2 Å². The lowest BCUT2D eigenvalue weighted by molar-refractivity contribution is 0.240. The van der Waals surface area contributed by atoms with Crippen LogP contribution in [0.25, 0.3) is 0 Å². The summed E-state index contributed by atoms with van der Waals surface area (Å²) < 4.78 is 0. The summed E-state index contributed by atoms with van der Waals surface area (Å²) >= 11 is 0. The second kappa shape index (κ2) is 5.54. The van der Waals surface area contributed by atoms with Crippen LogP contribution in [0.5, 0.6) is 0 Å². The smallest absolute Gasteiger partial charge is 0.0433 e. The van der Waals surface area contributed by atoms with Crippen molar-refractivity contribution in [3.8, 4) is 0 Å². The van der Waals surface area contributed by atoms with E-state index in [1.807, 2.05) is 0 Å². The summed E-state index contributed by atoms with van der Waals surface area (Å²) in [7, 11) is 0. The molecule has 0 saturated carbocycles. The monoisotopic (exact) mass is 233 g/mol. The van der Waals surface area contributed by atoms with Crippen molar-refractivity contribution in [2.45, 2.75) is 33.1 Å². The highest BCUT2D eigenvalue weighted by molar-refractivity contribution is 5.54. The number of benzene rings is 1. The van der Waals surface area contributed by atoms with Crippen molar-refractivity contribution in [2.75, 3.05) is 24.6 Å². The van der Waals surface area contributed by atoms with Gasteiger partial charge >= 0.3 is 0 Å². The SMILES string of the molecule is Cc1ccc(N2CCC(CCO)CC2)c(C)c1. The third-order valence-electron chi connectivity index (χ3n) is 3.84. The number of hydrogen-bond donors (Lipinski definition) is 1. The standard InChI is InChI=1S/C15H23NO/c1-12-3-4-15(13(2)11-12)16-8-5-14(6-9-16)7-10-17/h3-4,11,14,17H,5-10H2,1-2H3. The summed E-state index contributed by atoms with van der Waals surface area (Å²) in [5.74, 6) is 0.724. The van der Waals surface area contributed by atoms with Crippen molar-refractivity contribution in [3.05, 3.63) is 29.3 Å². The number of hydrogen-bond acceptors (Lipinski definition) is 2. The predicted molar refractivity (Wildman–Crippen MR) is 72.6 cm³/mol. The minimum absolute atomic E-state index is 0.341. The Morgan fingerprint density at radius 3 is 2.53 bits per heavy atom. The molecule has 0 atom stereocenters. The molecule has 0 amide bonds. The molecule has 0 unspecified atom stereocenters. The molecule has 1 aromatic carbocycles. The highest BCUT2D eigenvalue weighted by Crippen LogP contribution is 2.27. The van der Waals surface area contributed by atoms with E-state index in [9.17, 15) is 0 Å². The van der Waals surface area contributed by atoms with Crippen LogP contribution in [-0.4, -0.2) is 24.8 Å². The summed E-state index contributed by atoms with van der Waals surface area (Å²) in [6, 6.07) is 6.70. The summed E-state index contributed by atoms with van der Waals surface area (Å²) in [4.78, 5) is 2.49. The normalized spacial score (nSPS) is 17.5. The molecule has 1 aliphatic rings. The van der Waals surface area contributed by atoms with Crippen molar-refractivity contribution >= 4 is 5.69 Å². The number of piperidine rings is 1. The Morgan fingerprint density at radius 1 is 1.24 bits per heavy atom. The third-order valence-corrected chi connectivity index (χ3v) is 3.84. The van der Waals surface area contributed by atoms with Crippen molar-refractivity contribution in [1.29, 1.82) is 0 Å². The van der Waals surface area contributed by atoms with Crippen molar-refractivity contribution in [3.63, 3.8) is 0 Å².